The van der Waals surface area contributed by atoms with E-state index in [4.69, 9.17) is 0 Å². The van der Waals surface area contributed by atoms with Gasteiger partial charge < -0.3 is 0 Å². The molecular formula is C17H19N3O. The number of unbranched alkanes of at least 4 members (excludes halogenated alkanes) is 1. The molecule has 0 bridgehead atoms. The van der Waals surface area contributed by atoms with E-state index >= 15 is 0 Å². The highest BCUT2D eigenvalue weighted by molar-refractivity contribution is 6.02. The molecule has 0 unspecified atom stereocenters. The Morgan fingerprint density at radius 3 is 2.48 bits per heavy atom. The fourth-order valence-electron chi connectivity index (χ4n) is 1.93. The van der Waals surface area contributed by atoms with Gasteiger partial charge in [0.1, 0.15) is 0 Å². The zero-order valence-electron chi connectivity index (χ0n) is 12.1. The van der Waals surface area contributed by atoms with Gasteiger partial charge in [-0.3, -0.25) is 9.78 Å². The van der Waals surface area contributed by atoms with Crippen LogP contribution in [0.4, 0.5) is 0 Å². The minimum Gasteiger partial charge on any atom is -0.267 e. The number of carbonyl (C=O) groups is 1. The summed E-state index contributed by atoms with van der Waals surface area (Å²) >= 11 is 0. The molecule has 0 aliphatic rings. The Kier molecular flexibility index (Phi) is 5.64. The second kappa shape index (κ2) is 7.94. The van der Waals surface area contributed by atoms with Crippen molar-refractivity contribution in [2.75, 3.05) is 0 Å². The number of pyridine rings is 1. The molecule has 0 aliphatic heterocycles. The molecule has 1 amide bonds. The number of nitrogens with zero attached hydrogens (tertiary/aromatic N) is 2. The van der Waals surface area contributed by atoms with E-state index in [0.29, 0.717) is 5.56 Å². The predicted octanol–water partition coefficient (Wildman–Crippen LogP) is 3.41. The van der Waals surface area contributed by atoms with Gasteiger partial charge in [-0.05, 0) is 37.1 Å². The smallest absolute Gasteiger partial charge is 0.267 e. The molecule has 0 aliphatic carbocycles. The zero-order chi connectivity index (χ0) is 14.9. The Bertz CT molecular complexity index is 594. The number of carbonyl (C=O) groups excluding carboxylic acids is 1. The lowest BCUT2D eigenvalue weighted by Gasteiger charge is -2.07. The maximum Gasteiger partial charge on any atom is 0.271 e. The predicted molar refractivity (Wildman–Crippen MR) is 84.2 cm³/mol. The molecule has 4 nitrogen and oxygen atoms in total. The summed E-state index contributed by atoms with van der Waals surface area (Å²) in [4.78, 5) is 16.0. The third-order valence-electron chi connectivity index (χ3n) is 3.11. The van der Waals surface area contributed by atoms with Crippen LogP contribution in [0.2, 0.25) is 0 Å². The summed E-state index contributed by atoms with van der Waals surface area (Å²) < 4.78 is 0. The highest BCUT2D eigenvalue weighted by Gasteiger charge is 2.06. The molecule has 1 aromatic heterocycles. The van der Waals surface area contributed by atoms with Crippen LogP contribution in [0.5, 0.6) is 0 Å². The first kappa shape index (κ1) is 14.9. The summed E-state index contributed by atoms with van der Waals surface area (Å²) in [7, 11) is 0. The minimum atomic E-state index is -0.196. The molecule has 2 rings (SSSR count). The van der Waals surface area contributed by atoms with Crippen molar-refractivity contribution < 1.29 is 4.79 Å². The second-order valence-electron chi connectivity index (χ2n) is 4.70. The lowest BCUT2D eigenvalue weighted by atomic mass is 10.1. The van der Waals surface area contributed by atoms with Crippen LogP contribution >= 0.6 is 0 Å². The molecule has 1 aromatic carbocycles. The molecule has 0 saturated carbocycles. The summed E-state index contributed by atoms with van der Waals surface area (Å²) in [5.74, 6) is -0.196. The number of rotatable bonds is 6. The average Bonchev–Trinajstić information content (AvgIpc) is 2.56. The van der Waals surface area contributed by atoms with Gasteiger partial charge >= 0.3 is 0 Å². The van der Waals surface area contributed by atoms with Crippen LogP contribution in [0.25, 0.3) is 0 Å². The first-order valence-corrected chi connectivity index (χ1v) is 7.13. The molecule has 1 N–H and O–H groups in total. The van der Waals surface area contributed by atoms with Gasteiger partial charge in [0.05, 0.1) is 5.71 Å². The summed E-state index contributed by atoms with van der Waals surface area (Å²) in [6.07, 6.45) is 6.40. The van der Waals surface area contributed by atoms with Gasteiger partial charge in [-0.15, -0.1) is 0 Å². The maximum absolute atomic E-state index is 12.0. The van der Waals surface area contributed by atoms with Crippen LogP contribution in [-0.4, -0.2) is 16.6 Å². The summed E-state index contributed by atoms with van der Waals surface area (Å²) in [6.45, 7) is 2.13. The van der Waals surface area contributed by atoms with Crippen LogP contribution < -0.4 is 5.43 Å². The topological polar surface area (TPSA) is 54.4 Å². The molecule has 0 saturated heterocycles. The van der Waals surface area contributed by atoms with Crippen molar-refractivity contribution in [3.05, 3.63) is 66.0 Å². The third-order valence-corrected chi connectivity index (χ3v) is 3.11. The number of hydrazone groups is 1. The van der Waals surface area contributed by atoms with Crippen molar-refractivity contribution >= 4 is 11.6 Å². The van der Waals surface area contributed by atoms with Crippen molar-refractivity contribution in [2.45, 2.75) is 26.2 Å². The van der Waals surface area contributed by atoms with Gasteiger partial charge in [0.2, 0.25) is 0 Å². The first-order valence-electron chi connectivity index (χ1n) is 7.13. The van der Waals surface area contributed by atoms with E-state index in [2.05, 4.69) is 22.4 Å². The van der Waals surface area contributed by atoms with Crippen LogP contribution in [0.1, 0.15) is 42.1 Å². The van der Waals surface area contributed by atoms with Crippen molar-refractivity contribution in [1.82, 2.24) is 10.4 Å². The molecule has 0 radical (unpaired) electrons. The van der Waals surface area contributed by atoms with E-state index in [-0.39, 0.29) is 5.91 Å². The van der Waals surface area contributed by atoms with E-state index in [9.17, 15) is 4.79 Å². The average molecular weight is 281 g/mol. The van der Waals surface area contributed by atoms with E-state index in [1.54, 1.807) is 24.5 Å². The Morgan fingerprint density at radius 1 is 1.10 bits per heavy atom. The van der Waals surface area contributed by atoms with Crippen molar-refractivity contribution in [1.29, 1.82) is 0 Å². The monoisotopic (exact) mass is 281 g/mol. The Morgan fingerprint density at radius 2 is 1.81 bits per heavy atom. The van der Waals surface area contributed by atoms with Crippen LogP contribution in [0.15, 0.2) is 60.0 Å². The van der Waals surface area contributed by atoms with Crippen LogP contribution in [0.3, 0.4) is 0 Å². The molecule has 4 heteroatoms. The number of nitrogens with one attached hydrogen (secondary N) is 1. The van der Waals surface area contributed by atoms with Gasteiger partial charge in [0, 0.05) is 23.5 Å². The molecule has 21 heavy (non-hydrogen) atoms. The fraction of sp³-hybridized carbons (Fsp3) is 0.235. The van der Waals surface area contributed by atoms with E-state index in [1.165, 1.54) is 0 Å². The Balaban J connectivity index is 2.11. The number of hydrogen-bond donors (Lipinski definition) is 1. The largest absolute Gasteiger partial charge is 0.271 e. The van der Waals surface area contributed by atoms with Gasteiger partial charge in [-0.25, -0.2) is 5.43 Å². The van der Waals surface area contributed by atoms with Gasteiger partial charge in [0.25, 0.3) is 5.91 Å². The van der Waals surface area contributed by atoms with E-state index in [1.807, 2.05) is 30.3 Å². The molecule has 0 fully saturated rings. The molecule has 108 valence electrons. The molecule has 1 heterocycles. The van der Waals surface area contributed by atoms with Crippen molar-refractivity contribution in [2.24, 2.45) is 5.10 Å². The molecule has 0 atom stereocenters. The standard InChI is InChI=1S/C17H19N3O/c1-2-3-9-16(14-10-12-18-13-11-14)19-20-17(21)15-7-5-4-6-8-15/h4-8,10-13H,2-3,9H2,1H3,(H,20,21). The van der Waals surface area contributed by atoms with Gasteiger partial charge in [-0.1, -0.05) is 31.5 Å². The van der Waals surface area contributed by atoms with Crippen molar-refractivity contribution in [3.8, 4) is 0 Å². The lowest BCUT2D eigenvalue weighted by Crippen LogP contribution is -2.20. The number of aromatic nitrogens is 1. The van der Waals surface area contributed by atoms with Gasteiger partial charge in [0.15, 0.2) is 0 Å². The number of amides is 1. The first-order chi connectivity index (χ1) is 10.3. The van der Waals surface area contributed by atoms with E-state index < -0.39 is 0 Å². The third kappa shape index (κ3) is 4.53. The van der Waals surface area contributed by atoms with Crippen molar-refractivity contribution in [3.63, 3.8) is 0 Å². The SMILES string of the molecule is CCCCC(=NNC(=O)c1ccccc1)c1ccncc1. The highest BCUT2D eigenvalue weighted by atomic mass is 16.2. The van der Waals surface area contributed by atoms with Crippen LogP contribution in [0, 0.1) is 0 Å². The Labute approximate surface area is 124 Å². The Hall–Kier alpha value is -2.49. The summed E-state index contributed by atoms with van der Waals surface area (Å²) in [6, 6.07) is 12.9. The molecule has 2 aromatic rings. The highest BCUT2D eigenvalue weighted by Crippen LogP contribution is 2.07. The number of benzene rings is 1. The molecular weight excluding hydrogens is 262 g/mol. The van der Waals surface area contributed by atoms with Crippen LogP contribution in [-0.2, 0) is 0 Å². The summed E-state index contributed by atoms with van der Waals surface area (Å²) in [5, 5.41) is 4.30. The minimum absolute atomic E-state index is 0.196. The van der Waals surface area contributed by atoms with Gasteiger partial charge in [-0.2, -0.15) is 5.10 Å². The molecule has 0 spiro atoms. The normalized spacial score (nSPS) is 11.2. The lowest BCUT2D eigenvalue weighted by molar-refractivity contribution is 0.0955. The fourth-order valence-corrected chi connectivity index (χ4v) is 1.93. The number of hydrogen-bond acceptors (Lipinski definition) is 3. The zero-order valence-corrected chi connectivity index (χ0v) is 12.1. The quantitative estimate of drug-likeness (QED) is 0.651. The summed E-state index contributed by atoms with van der Waals surface area (Å²) in [5.41, 5.74) is 5.11. The second-order valence-corrected chi connectivity index (χ2v) is 4.70. The maximum atomic E-state index is 12.0. The van der Waals surface area contributed by atoms with E-state index in [0.717, 1.165) is 30.5 Å².